The summed E-state index contributed by atoms with van der Waals surface area (Å²) in [5.74, 6) is 0.900. The fourth-order valence-electron chi connectivity index (χ4n) is 3.84. The van der Waals surface area contributed by atoms with Crippen molar-refractivity contribution in [1.82, 2.24) is 4.90 Å². The highest BCUT2D eigenvalue weighted by Crippen LogP contribution is 2.43. The molecule has 0 amide bonds. The van der Waals surface area contributed by atoms with Gasteiger partial charge in [-0.1, -0.05) is 34.6 Å². The monoisotopic (exact) mass is 237 g/mol. The van der Waals surface area contributed by atoms with E-state index in [1.807, 2.05) is 0 Å². The Morgan fingerprint density at radius 1 is 1.06 bits per heavy atom. The van der Waals surface area contributed by atoms with Gasteiger partial charge in [-0.25, -0.2) is 0 Å². The van der Waals surface area contributed by atoms with Gasteiger partial charge in [0.15, 0.2) is 0 Å². The van der Waals surface area contributed by atoms with E-state index in [4.69, 9.17) is 0 Å². The highest BCUT2D eigenvalue weighted by Gasteiger charge is 2.38. The summed E-state index contributed by atoms with van der Waals surface area (Å²) in [7, 11) is 0. The molecule has 1 heteroatoms. The average molecular weight is 237 g/mol. The van der Waals surface area contributed by atoms with Gasteiger partial charge in [-0.05, 0) is 55.4 Å². The summed E-state index contributed by atoms with van der Waals surface area (Å²) in [6.07, 6.45) is 7.08. The largest absolute Gasteiger partial charge is 0.300 e. The number of nitrogens with zero attached hydrogens (tertiary/aromatic N) is 1. The van der Waals surface area contributed by atoms with Crippen LogP contribution >= 0.6 is 0 Å². The molecule has 1 aliphatic carbocycles. The second-order valence-electron chi connectivity index (χ2n) is 8.06. The van der Waals surface area contributed by atoms with Gasteiger partial charge in [0.2, 0.25) is 0 Å². The van der Waals surface area contributed by atoms with E-state index < -0.39 is 0 Å². The lowest BCUT2D eigenvalue weighted by molar-refractivity contribution is 0.0134. The van der Waals surface area contributed by atoms with Crippen molar-refractivity contribution in [2.45, 2.75) is 72.8 Å². The Morgan fingerprint density at radius 2 is 1.76 bits per heavy atom. The zero-order valence-electron chi connectivity index (χ0n) is 12.6. The second kappa shape index (κ2) is 4.57. The molecule has 0 aromatic heterocycles. The number of likely N-dealkylation sites (tertiary alicyclic amines) is 1. The van der Waals surface area contributed by atoms with Gasteiger partial charge < -0.3 is 0 Å². The lowest BCUT2D eigenvalue weighted by atomic mass is 9.67. The Balaban J connectivity index is 1.99. The van der Waals surface area contributed by atoms with Crippen LogP contribution in [-0.4, -0.2) is 24.0 Å². The molecule has 0 bridgehead atoms. The zero-order chi connectivity index (χ0) is 12.7. The van der Waals surface area contributed by atoms with Crippen LogP contribution in [0.5, 0.6) is 0 Å². The van der Waals surface area contributed by atoms with Crippen LogP contribution in [0.3, 0.4) is 0 Å². The van der Waals surface area contributed by atoms with Crippen LogP contribution in [0.1, 0.15) is 66.7 Å². The standard InChI is InChI=1S/C16H31N/c1-13-7-8-14(11-16(13,4)5)17-10-6-9-15(2,3)12-17/h13-14H,6-12H2,1-5H3. The van der Waals surface area contributed by atoms with Gasteiger partial charge in [0.25, 0.3) is 0 Å². The molecule has 0 aromatic carbocycles. The predicted molar refractivity (Wildman–Crippen MR) is 75.2 cm³/mol. The Morgan fingerprint density at radius 3 is 2.35 bits per heavy atom. The van der Waals surface area contributed by atoms with Gasteiger partial charge >= 0.3 is 0 Å². The summed E-state index contributed by atoms with van der Waals surface area (Å²) in [5.41, 5.74) is 1.09. The summed E-state index contributed by atoms with van der Waals surface area (Å²) in [6.45, 7) is 14.9. The van der Waals surface area contributed by atoms with Crippen LogP contribution in [0.15, 0.2) is 0 Å². The van der Waals surface area contributed by atoms with Gasteiger partial charge in [0.1, 0.15) is 0 Å². The van der Waals surface area contributed by atoms with Crippen LogP contribution in [-0.2, 0) is 0 Å². The maximum Gasteiger partial charge on any atom is 0.0101 e. The highest BCUT2D eigenvalue weighted by molar-refractivity contribution is 4.91. The highest BCUT2D eigenvalue weighted by atomic mass is 15.2. The maximum absolute atomic E-state index is 2.80. The number of rotatable bonds is 1. The smallest absolute Gasteiger partial charge is 0.0101 e. The summed E-state index contributed by atoms with van der Waals surface area (Å²) in [6, 6.07) is 0.862. The number of hydrogen-bond acceptors (Lipinski definition) is 1. The van der Waals surface area contributed by atoms with Crippen molar-refractivity contribution in [1.29, 1.82) is 0 Å². The lowest BCUT2D eigenvalue weighted by Crippen LogP contribution is -2.49. The molecule has 1 aliphatic heterocycles. The lowest BCUT2D eigenvalue weighted by Gasteiger charge is -2.48. The molecular weight excluding hydrogens is 206 g/mol. The van der Waals surface area contributed by atoms with Gasteiger partial charge in [-0.2, -0.15) is 0 Å². The van der Waals surface area contributed by atoms with Gasteiger partial charge in [-0.3, -0.25) is 4.90 Å². The topological polar surface area (TPSA) is 3.24 Å². The first-order chi connectivity index (χ1) is 7.80. The van der Waals surface area contributed by atoms with Crippen molar-refractivity contribution < 1.29 is 0 Å². The van der Waals surface area contributed by atoms with Crippen LogP contribution < -0.4 is 0 Å². The molecule has 0 spiro atoms. The molecule has 2 fully saturated rings. The van der Waals surface area contributed by atoms with Crippen molar-refractivity contribution in [3.63, 3.8) is 0 Å². The minimum Gasteiger partial charge on any atom is -0.300 e. The van der Waals surface area contributed by atoms with Gasteiger partial charge in [0.05, 0.1) is 0 Å². The van der Waals surface area contributed by atoms with Crippen molar-refractivity contribution in [3.05, 3.63) is 0 Å². The molecule has 100 valence electrons. The zero-order valence-corrected chi connectivity index (χ0v) is 12.6. The minimum absolute atomic E-state index is 0.546. The third kappa shape index (κ3) is 3.05. The van der Waals surface area contributed by atoms with Crippen molar-refractivity contribution in [2.24, 2.45) is 16.7 Å². The summed E-state index contributed by atoms with van der Waals surface area (Å²) >= 11 is 0. The molecule has 2 aliphatic rings. The third-order valence-electron chi connectivity index (χ3n) is 5.48. The molecule has 0 N–H and O–H groups in total. The van der Waals surface area contributed by atoms with E-state index in [1.54, 1.807) is 0 Å². The molecule has 1 nitrogen and oxygen atoms in total. The molecule has 0 radical (unpaired) electrons. The maximum atomic E-state index is 2.80. The minimum atomic E-state index is 0.546. The molecule has 2 atom stereocenters. The average Bonchev–Trinajstić information content (AvgIpc) is 2.20. The first-order valence-corrected chi connectivity index (χ1v) is 7.54. The molecule has 2 rings (SSSR count). The summed E-state index contributed by atoms with van der Waals surface area (Å²) < 4.78 is 0. The molecule has 1 saturated carbocycles. The number of hydrogen-bond donors (Lipinski definition) is 0. The fourth-order valence-corrected chi connectivity index (χ4v) is 3.84. The quantitative estimate of drug-likeness (QED) is 0.656. The molecular formula is C16H31N. The van der Waals surface area contributed by atoms with Gasteiger partial charge in [0, 0.05) is 12.6 Å². The molecule has 1 saturated heterocycles. The number of piperidine rings is 1. The van der Waals surface area contributed by atoms with Crippen LogP contribution in [0.4, 0.5) is 0 Å². The fraction of sp³-hybridized carbons (Fsp3) is 1.00. The predicted octanol–water partition coefficient (Wildman–Crippen LogP) is 4.32. The molecule has 2 unspecified atom stereocenters. The third-order valence-corrected chi connectivity index (χ3v) is 5.48. The van der Waals surface area contributed by atoms with E-state index in [2.05, 4.69) is 39.5 Å². The summed E-state index contributed by atoms with van der Waals surface area (Å²) in [5, 5.41) is 0. The van der Waals surface area contributed by atoms with E-state index in [-0.39, 0.29) is 0 Å². The molecule has 0 aromatic rings. The van der Waals surface area contributed by atoms with E-state index in [1.165, 1.54) is 45.2 Å². The van der Waals surface area contributed by atoms with Crippen LogP contribution in [0.2, 0.25) is 0 Å². The van der Waals surface area contributed by atoms with Crippen molar-refractivity contribution in [2.75, 3.05) is 13.1 Å². The Bertz CT molecular complexity index is 267. The summed E-state index contributed by atoms with van der Waals surface area (Å²) in [4.78, 5) is 2.80. The van der Waals surface area contributed by atoms with Crippen LogP contribution in [0.25, 0.3) is 0 Å². The molecule has 17 heavy (non-hydrogen) atoms. The van der Waals surface area contributed by atoms with Crippen molar-refractivity contribution >= 4 is 0 Å². The SMILES string of the molecule is CC1CCC(N2CCCC(C)(C)C2)CC1(C)C. The first kappa shape index (κ1) is 13.4. The van der Waals surface area contributed by atoms with E-state index in [0.29, 0.717) is 10.8 Å². The van der Waals surface area contributed by atoms with Crippen molar-refractivity contribution in [3.8, 4) is 0 Å². The first-order valence-electron chi connectivity index (χ1n) is 7.54. The normalized spacial score (nSPS) is 37.9. The van der Waals surface area contributed by atoms with E-state index in [0.717, 1.165) is 12.0 Å². The Labute approximate surface area is 108 Å². The molecule has 1 heterocycles. The second-order valence-corrected chi connectivity index (χ2v) is 8.06. The van der Waals surface area contributed by atoms with Crippen LogP contribution in [0, 0.1) is 16.7 Å². The Kier molecular flexibility index (Phi) is 3.60. The van der Waals surface area contributed by atoms with Gasteiger partial charge in [-0.15, -0.1) is 0 Å². The van der Waals surface area contributed by atoms with E-state index in [9.17, 15) is 0 Å². The van der Waals surface area contributed by atoms with E-state index >= 15 is 0 Å². The Hall–Kier alpha value is -0.0400.